The summed E-state index contributed by atoms with van der Waals surface area (Å²) in [6.07, 6.45) is 0. The smallest absolute Gasteiger partial charge is 0.252 e. The van der Waals surface area contributed by atoms with Crippen molar-refractivity contribution in [3.05, 3.63) is 71.8 Å². The Labute approximate surface area is 164 Å². The van der Waals surface area contributed by atoms with Crippen molar-refractivity contribution in [2.75, 3.05) is 17.3 Å². The lowest BCUT2D eigenvalue weighted by atomic mass is 10.1. The van der Waals surface area contributed by atoms with E-state index in [2.05, 4.69) is 10.2 Å². The number of fused-ring (bicyclic) bond motifs is 1. The molecule has 1 aliphatic heterocycles. The van der Waals surface area contributed by atoms with Crippen LogP contribution in [0.4, 0.5) is 4.39 Å². The molecule has 1 aromatic heterocycles. The van der Waals surface area contributed by atoms with Gasteiger partial charge in [0.15, 0.2) is 11.6 Å². The highest BCUT2D eigenvalue weighted by Crippen LogP contribution is 2.24. The molecular weight excluding hydrogens is 383 g/mol. The van der Waals surface area contributed by atoms with Crippen molar-refractivity contribution >= 4 is 23.5 Å². The molecule has 0 radical (unpaired) electrons. The summed E-state index contributed by atoms with van der Waals surface area (Å²) in [6.45, 7) is -0.111. The maximum absolute atomic E-state index is 13.1. The second kappa shape index (κ2) is 7.81. The molecule has 0 fully saturated rings. The number of amides is 1. The SMILES string of the molecule is O=C(CN1C(=O)CSc2nnc(COc3ccccc3)n21)c1ccc(F)cc1. The van der Waals surface area contributed by atoms with E-state index in [-0.39, 0.29) is 30.6 Å². The summed E-state index contributed by atoms with van der Waals surface area (Å²) in [5.41, 5.74) is 0.323. The quantitative estimate of drug-likeness (QED) is 0.594. The Kier molecular flexibility index (Phi) is 5.07. The van der Waals surface area contributed by atoms with Crippen molar-refractivity contribution in [2.24, 2.45) is 0 Å². The monoisotopic (exact) mass is 398 g/mol. The minimum Gasteiger partial charge on any atom is -0.486 e. The van der Waals surface area contributed by atoms with Crippen LogP contribution < -0.4 is 9.75 Å². The number of rotatable bonds is 6. The van der Waals surface area contributed by atoms with E-state index in [1.165, 1.54) is 45.7 Å². The van der Waals surface area contributed by atoms with Gasteiger partial charge in [0.2, 0.25) is 5.16 Å². The normalized spacial score (nSPS) is 13.3. The van der Waals surface area contributed by atoms with Gasteiger partial charge in [-0.15, -0.1) is 10.2 Å². The lowest BCUT2D eigenvalue weighted by Crippen LogP contribution is -2.48. The van der Waals surface area contributed by atoms with Crippen molar-refractivity contribution in [1.29, 1.82) is 0 Å². The zero-order chi connectivity index (χ0) is 19.5. The molecule has 2 heterocycles. The fourth-order valence-corrected chi connectivity index (χ4v) is 3.54. The number of carbonyl (C=O) groups excluding carboxylic acids is 2. The summed E-state index contributed by atoms with van der Waals surface area (Å²) in [6, 6.07) is 14.4. The number of hydrogen-bond donors (Lipinski definition) is 0. The zero-order valence-electron chi connectivity index (χ0n) is 14.6. The predicted octanol–water partition coefficient (Wildman–Crippen LogP) is 2.45. The first-order valence-corrected chi connectivity index (χ1v) is 9.45. The maximum atomic E-state index is 13.1. The van der Waals surface area contributed by atoms with Crippen LogP contribution in [0.5, 0.6) is 5.75 Å². The highest BCUT2D eigenvalue weighted by molar-refractivity contribution is 7.99. The molecule has 2 aromatic carbocycles. The number of thioether (sulfide) groups is 1. The van der Waals surface area contributed by atoms with Gasteiger partial charge in [-0.05, 0) is 36.4 Å². The molecule has 0 saturated heterocycles. The number of nitrogens with zero attached hydrogens (tertiary/aromatic N) is 4. The van der Waals surface area contributed by atoms with Crippen LogP contribution in [-0.2, 0) is 11.4 Å². The summed E-state index contributed by atoms with van der Waals surface area (Å²) in [4.78, 5) is 25.1. The average molecular weight is 398 g/mol. The second-order valence-corrected chi connectivity index (χ2v) is 6.92. The van der Waals surface area contributed by atoms with Gasteiger partial charge in [-0.25, -0.2) is 14.1 Å². The zero-order valence-corrected chi connectivity index (χ0v) is 15.4. The van der Waals surface area contributed by atoms with Crippen LogP contribution in [0.3, 0.4) is 0 Å². The summed E-state index contributed by atoms with van der Waals surface area (Å²) < 4.78 is 20.3. The number of para-hydroxylation sites is 1. The standard InChI is InChI=1S/C19H15FN4O3S/c20-14-8-6-13(7-9-14)16(25)10-23-18(26)12-28-19-22-21-17(24(19)23)11-27-15-4-2-1-3-5-15/h1-9H,10-12H2. The Morgan fingerprint density at radius 3 is 2.61 bits per heavy atom. The summed E-state index contributed by atoms with van der Waals surface area (Å²) in [5, 5.41) is 10.0. The van der Waals surface area contributed by atoms with Crippen molar-refractivity contribution in [3.8, 4) is 5.75 Å². The van der Waals surface area contributed by atoms with Gasteiger partial charge in [0, 0.05) is 5.56 Å². The molecule has 0 atom stereocenters. The number of ether oxygens (including phenoxy) is 1. The molecule has 0 saturated carbocycles. The van der Waals surface area contributed by atoms with E-state index in [1.807, 2.05) is 30.3 Å². The molecule has 28 heavy (non-hydrogen) atoms. The first kappa shape index (κ1) is 18.2. The Hall–Kier alpha value is -3.20. The molecule has 4 rings (SSSR count). The lowest BCUT2D eigenvalue weighted by Gasteiger charge is -2.28. The van der Waals surface area contributed by atoms with E-state index in [0.717, 1.165) is 0 Å². The third kappa shape index (κ3) is 3.74. The van der Waals surface area contributed by atoms with Crippen LogP contribution in [0.15, 0.2) is 59.8 Å². The number of carbonyl (C=O) groups is 2. The third-order valence-corrected chi connectivity index (χ3v) is 5.01. The fraction of sp³-hybridized carbons (Fsp3) is 0.158. The second-order valence-electron chi connectivity index (χ2n) is 5.98. The molecule has 1 amide bonds. The van der Waals surface area contributed by atoms with Gasteiger partial charge in [0.1, 0.15) is 24.7 Å². The van der Waals surface area contributed by atoms with Gasteiger partial charge in [0.25, 0.3) is 5.91 Å². The van der Waals surface area contributed by atoms with E-state index in [4.69, 9.17) is 4.74 Å². The Morgan fingerprint density at radius 1 is 1.11 bits per heavy atom. The predicted molar refractivity (Wildman–Crippen MR) is 100 cm³/mol. The van der Waals surface area contributed by atoms with E-state index in [1.54, 1.807) is 0 Å². The molecule has 0 unspecified atom stereocenters. The number of benzene rings is 2. The average Bonchev–Trinajstić information content (AvgIpc) is 3.13. The molecule has 0 bridgehead atoms. The molecular formula is C19H15FN4O3S. The number of Topliss-reactive ketones (excluding diaryl/α,β-unsaturated/α-hetero) is 1. The van der Waals surface area contributed by atoms with E-state index in [0.29, 0.717) is 22.3 Å². The van der Waals surface area contributed by atoms with Crippen LogP contribution in [0.1, 0.15) is 16.2 Å². The van der Waals surface area contributed by atoms with Crippen LogP contribution in [-0.4, -0.2) is 38.9 Å². The van der Waals surface area contributed by atoms with Gasteiger partial charge in [-0.2, -0.15) is 0 Å². The fourth-order valence-electron chi connectivity index (χ4n) is 2.72. The van der Waals surface area contributed by atoms with Crippen molar-refractivity contribution in [3.63, 3.8) is 0 Å². The van der Waals surface area contributed by atoms with Gasteiger partial charge < -0.3 is 4.74 Å². The van der Waals surface area contributed by atoms with Gasteiger partial charge in [-0.1, -0.05) is 30.0 Å². The van der Waals surface area contributed by atoms with Crippen LogP contribution in [0.25, 0.3) is 0 Å². The highest BCUT2D eigenvalue weighted by atomic mass is 32.2. The van der Waals surface area contributed by atoms with Crippen molar-refractivity contribution in [2.45, 2.75) is 11.8 Å². The lowest BCUT2D eigenvalue weighted by molar-refractivity contribution is -0.118. The molecule has 0 aliphatic carbocycles. The minimum atomic E-state index is -0.427. The molecule has 0 N–H and O–H groups in total. The molecule has 3 aromatic rings. The summed E-state index contributed by atoms with van der Waals surface area (Å²) in [7, 11) is 0. The Bertz CT molecular complexity index is 1010. The molecule has 142 valence electrons. The van der Waals surface area contributed by atoms with Crippen LogP contribution in [0.2, 0.25) is 0 Å². The van der Waals surface area contributed by atoms with E-state index < -0.39 is 5.82 Å². The van der Waals surface area contributed by atoms with Gasteiger partial charge >= 0.3 is 0 Å². The topological polar surface area (TPSA) is 77.3 Å². The molecule has 1 aliphatic rings. The van der Waals surface area contributed by atoms with Gasteiger partial charge in [0.05, 0.1) is 5.75 Å². The van der Waals surface area contributed by atoms with Crippen LogP contribution in [0, 0.1) is 5.82 Å². The van der Waals surface area contributed by atoms with Gasteiger partial charge in [-0.3, -0.25) is 9.59 Å². The van der Waals surface area contributed by atoms with Crippen molar-refractivity contribution in [1.82, 2.24) is 14.9 Å². The summed E-state index contributed by atoms with van der Waals surface area (Å²) in [5.74, 6) is 0.246. The first-order valence-electron chi connectivity index (χ1n) is 8.46. The summed E-state index contributed by atoms with van der Waals surface area (Å²) >= 11 is 1.25. The third-order valence-electron chi connectivity index (χ3n) is 4.10. The van der Waals surface area contributed by atoms with Crippen LogP contribution >= 0.6 is 11.8 Å². The number of halogens is 1. The first-order chi connectivity index (χ1) is 13.6. The maximum Gasteiger partial charge on any atom is 0.252 e. The number of aromatic nitrogens is 3. The highest BCUT2D eigenvalue weighted by Gasteiger charge is 2.30. The molecule has 7 nitrogen and oxygen atoms in total. The number of hydrogen-bond acceptors (Lipinski definition) is 6. The minimum absolute atomic E-state index is 0.0894. The Morgan fingerprint density at radius 2 is 1.86 bits per heavy atom. The molecule has 9 heteroatoms. The number of ketones is 1. The van der Waals surface area contributed by atoms with E-state index in [9.17, 15) is 14.0 Å². The molecule has 0 spiro atoms. The largest absolute Gasteiger partial charge is 0.486 e. The van der Waals surface area contributed by atoms with Crippen molar-refractivity contribution < 1.29 is 18.7 Å². The van der Waals surface area contributed by atoms with E-state index >= 15 is 0 Å². The Balaban J connectivity index is 1.56.